The van der Waals surface area contributed by atoms with E-state index in [1.165, 1.54) is 4.90 Å². The summed E-state index contributed by atoms with van der Waals surface area (Å²) in [5.74, 6) is -0.318. The van der Waals surface area contributed by atoms with Crippen LogP contribution in [0.5, 0.6) is 11.8 Å². The van der Waals surface area contributed by atoms with Gasteiger partial charge in [0.05, 0.1) is 0 Å². The summed E-state index contributed by atoms with van der Waals surface area (Å²) in [6.45, 7) is 0.166. The number of nitrogens with zero attached hydrogens (tertiary/aromatic N) is 3. The molecule has 0 saturated heterocycles. The molecule has 8 heteroatoms. The maximum atomic E-state index is 12.9. The third-order valence-corrected chi connectivity index (χ3v) is 5.53. The van der Waals surface area contributed by atoms with E-state index in [2.05, 4.69) is 15.3 Å². The number of nitrogens with one attached hydrogen (secondary N) is 1. The second-order valence-corrected chi connectivity index (χ2v) is 7.78. The molecule has 1 N–H and O–H groups in total. The van der Waals surface area contributed by atoms with Crippen molar-refractivity contribution >= 4 is 34.2 Å². The Hall–Kier alpha value is -4.59. The van der Waals surface area contributed by atoms with Crippen molar-refractivity contribution in [3.63, 3.8) is 0 Å². The summed E-state index contributed by atoms with van der Waals surface area (Å²) in [6.07, 6.45) is 3.69. The molecule has 34 heavy (non-hydrogen) atoms. The van der Waals surface area contributed by atoms with E-state index in [0.717, 1.165) is 5.39 Å². The lowest BCUT2D eigenvalue weighted by atomic mass is 9.94. The minimum absolute atomic E-state index is 0.166. The van der Waals surface area contributed by atoms with Crippen molar-refractivity contribution in [3.8, 4) is 11.8 Å². The fourth-order valence-electron chi connectivity index (χ4n) is 3.95. The average molecular weight is 452 g/mol. The van der Waals surface area contributed by atoms with Gasteiger partial charge in [-0.3, -0.25) is 19.3 Å². The van der Waals surface area contributed by atoms with E-state index in [9.17, 15) is 14.4 Å². The number of aromatic nitrogens is 2. The van der Waals surface area contributed by atoms with Crippen molar-refractivity contribution in [2.45, 2.75) is 12.8 Å². The minimum Gasteiger partial charge on any atom is -0.424 e. The molecule has 0 aliphatic carbocycles. The van der Waals surface area contributed by atoms with Crippen LogP contribution >= 0.6 is 0 Å². The van der Waals surface area contributed by atoms with Crippen LogP contribution in [0.25, 0.3) is 10.8 Å². The molecule has 3 amide bonds. The molecule has 0 fully saturated rings. The summed E-state index contributed by atoms with van der Waals surface area (Å²) in [4.78, 5) is 47.5. The van der Waals surface area contributed by atoms with Crippen LogP contribution in [0.2, 0.25) is 0 Å². The van der Waals surface area contributed by atoms with Crippen LogP contribution in [0.15, 0.2) is 79.1 Å². The molecule has 5 rings (SSSR count). The smallest absolute Gasteiger partial charge is 0.321 e. The number of amides is 3. The van der Waals surface area contributed by atoms with Gasteiger partial charge in [-0.15, -0.1) is 0 Å². The molecule has 2 heterocycles. The maximum absolute atomic E-state index is 12.9. The summed E-state index contributed by atoms with van der Waals surface area (Å²) in [5, 5.41) is 4.37. The number of hydrogen-bond acceptors (Lipinski definition) is 6. The van der Waals surface area contributed by atoms with Gasteiger partial charge in [0.1, 0.15) is 5.75 Å². The Kier molecular flexibility index (Phi) is 5.70. The van der Waals surface area contributed by atoms with E-state index < -0.39 is 0 Å². The number of ether oxygens (including phenoxy) is 1. The molecule has 0 spiro atoms. The Morgan fingerprint density at radius 3 is 2.15 bits per heavy atom. The monoisotopic (exact) mass is 452 g/mol. The lowest BCUT2D eigenvalue weighted by molar-refractivity contribution is -0.116. The van der Waals surface area contributed by atoms with Gasteiger partial charge in [0.15, 0.2) is 0 Å². The first-order valence-electron chi connectivity index (χ1n) is 10.8. The molecule has 0 atom stereocenters. The number of imide groups is 1. The molecule has 1 aromatic heterocycles. The summed E-state index contributed by atoms with van der Waals surface area (Å²) in [7, 11) is 0. The highest BCUT2D eigenvalue weighted by Crippen LogP contribution is 2.30. The van der Waals surface area contributed by atoms with Gasteiger partial charge in [-0.2, -0.15) is 0 Å². The van der Waals surface area contributed by atoms with Gasteiger partial charge < -0.3 is 10.1 Å². The normalized spacial score (nSPS) is 12.6. The minimum atomic E-state index is -0.326. The summed E-state index contributed by atoms with van der Waals surface area (Å²) < 4.78 is 5.53. The first kappa shape index (κ1) is 21.3. The second kappa shape index (κ2) is 9.11. The topological polar surface area (TPSA) is 101 Å². The van der Waals surface area contributed by atoms with Crippen LogP contribution < -0.4 is 10.1 Å². The zero-order valence-corrected chi connectivity index (χ0v) is 18.1. The van der Waals surface area contributed by atoms with Crippen LogP contribution in [-0.2, 0) is 4.79 Å². The molecule has 168 valence electrons. The molecule has 0 bridgehead atoms. The van der Waals surface area contributed by atoms with E-state index in [4.69, 9.17) is 4.74 Å². The van der Waals surface area contributed by atoms with E-state index in [1.54, 1.807) is 54.9 Å². The number of hydrogen-bond donors (Lipinski definition) is 1. The molecule has 0 unspecified atom stereocenters. The molecule has 3 aromatic carbocycles. The molecule has 1 aliphatic rings. The highest BCUT2D eigenvalue weighted by Gasteiger charge is 2.32. The van der Waals surface area contributed by atoms with E-state index in [0.29, 0.717) is 34.4 Å². The predicted molar refractivity (Wildman–Crippen MR) is 126 cm³/mol. The highest BCUT2D eigenvalue weighted by atomic mass is 16.5. The number of rotatable bonds is 7. The van der Waals surface area contributed by atoms with Crippen LogP contribution in [0.1, 0.15) is 33.6 Å². The van der Waals surface area contributed by atoms with Gasteiger partial charge in [0.25, 0.3) is 11.8 Å². The summed E-state index contributed by atoms with van der Waals surface area (Å²) in [6, 6.07) is 19.6. The highest BCUT2D eigenvalue weighted by molar-refractivity contribution is 6.25. The van der Waals surface area contributed by atoms with E-state index >= 15 is 0 Å². The van der Waals surface area contributed by atoms with Crippen molar-refractivity contribution in [1.82, 2.24) is 14.9 Å². The molecule has 0 radical (unpaired) electrons. The Labute approximate surface area is 195 Å². The van der Waals surface area contributed by atoms with Gasteiger partial charge in [-0.1, -0.05) is 24.3 Å². The number of carbonyl (C=O) groups excluding carboxylic acids is 3. The molecule has 4 aromatic rings. The SMILES string of the molecule is O=C(CCCN1C(=O)c2cccc3cccc(c23)C1=O)Nc1ccc(Oc2ncccn2)cc1. The van der Waals surface area contributed by atoms with Gasteiger partial charge in [0.2, 0.25) is 5.91 Å². The van der Waals surface area contributed by atoms with E-state index in [1.807, 2.05) is 24.3 Å². The van der Waals surface area contributed by atoms with Gasteiger partial charge in [-0.05, 0) is 54.3 Å². The lowest BCUT2D eigenvalue weighted by Gasteiger charge is -2.27. The number of carbonyl (C=O) groups is 3. The standard InChI is InChI=1S/C26H20N4O4/c31-22(29-18-10-12-19(13-11-18)34-26-27-14-4-15-28-26)9-3-16-30-24(32)20-7-1-5-17-6-2-8-21(23(17)20)25(30)33/h1-2,4-8,10-15H,3,9,16H2,(H,29,31). The quantitative estimate of drug-likeness (QED) is 0.416. The Balaban J connectivity index is 1.17. The van der Waals surface area contributed by atoms with Gasteiger partial charge in [-0.25, -0.2) is 9.97 Å². The van der Waals surface area contributed by atoms with Crippen LogP contribution in [0.4, 0.5) is 5.69 Å². The van der Waals surface area contributed by atoms with Gasteiger partial charge in [0, 0.05) is 47.6 Å². The number of benzene rings is 3. The first-order chi connectivity index (χ1) is 16.6. The fraction of sp³-hybridized carbons (Fsp3) is 0.115. The lowest BCUT2D eigenvalue weighted by Crippen LogP contribution is -2.41. The third kappa shape index (κ3) is 4.21. The molecule has 8 nitrogen and oxygen atoms in total. The van der Waals surface area contributed by atoms with E-state index in [-0.39, 0.29) is 36.7 Å². The third-order valence-electron chi connectivity index (χ3n) is 5.53. The maximum Gasteiger partial charge on any atom is 0.321 e. The molecule has 1 aliphatic heterocycles. The van der Waals surface area contributed by atoms with Crippen molar-refractivity contribution in [2.24, 2.45) is 0 Å². The zero-order chi connectivity index (χ0) is 23.5. The molecular formula is C26H20N4O4. The van der Waals surface area contributed by atoms with Crippen molar-refractivity contribution in [1.29, 1.82) is 0 Å². The largest absolute Gasteiger partial charge is 0.424 e. The average Bonchev–Trinajstić information content (AvgIpc) is 2.86. The predicted octanol–water partition coefficient (Wildman–Crippen LogP) is 4.44. The number of anilines is 1. The first-order valence-corrected chi connectivity index (χ1v) is 10.8. The van der Waals surface area contributed by atoms with Crippen LogP contribution in [0.3, 0.4) is 0 Å². The van der Waals surface area contributed by atoms with Crippen molar-refractivity contribution < 1.29 is 19.1 Å². The molecule has 0 saturated carbocycles. The van der Waals surface area contributed by atoms with Crippen molar-refractivity contribution in [2.75, 3.05) is 11.9 Å². The van der Waals surface area contributed by atoms with Gasteiger partial charge >= 0.3 is 6.01 Å². The Morgan fingerprint density at radius 2 is 1.50 bits per heavy atom. The molecular weight excluding hydrogens is 432 g/mol. The van der Waals surface area contributed by atoms with Crippen molar-refractivity contribution in [3.05, 3.63) is 90.3 Å². The van der Waals surface area contributed by atoms with Crippen LogP contribution in [0, 0.1) is 0 Å². The Bertz CT molecular complexity index is 1340. The summed E-state index contributed by atoms with van der Waals surface area (Å²) in [5.41, 5.74) is 1.64. The summed E-state index contributed by atoms with van der Waals surface area (Å²) >= 11 is 0. The zero-order valence-electron chi connectivity index (χ0n) is 18.1. The second-order valence-electron chi connectivity index (χ2n) is 7.78. The Morgan fingerprint density at radius 1 is 0.853 bits per heavy atom. The van der Waals surface area contributed by atoms with Crippen LogP contribution in [-0.4, -0.2) is 39.1 Å². The fourth-order valence-corrected chi connectivity index (χ4v) is 3.95.